The normalized spacial score (nSPS) is 19.1. The Morgan fingerprint density at radius 2 is 1.79 bits per heavy atom. The maximum absolute atomic E-state index is 13.1. The Morgan fingerprint density at radius 1 is 1.04 bits per heavy atom. The van der Waals surface area contributed by atoms with E-state index in [4.69, 9.17) is 16.3 Å². The van der Waals surface area contributed by atoms with Crippen LogP contribution >= 0.6 is 11.6 Å². The van der Waals surface area contributed by atoms with Crippen LogP contribution in [0.25, 0.3) is 10.8 Å². The molecule has 5 nitrogen and oxygen atoms in total. The molecule has 1 aliphatic heterocycles. The fourth-order valence-electron chi connectivity index (χ4n) is 3.56. The van der Waals surface area contributed by atoms with E-state index >= 15 is 0 Å². The van der Waals surface area contributed by atoms with Crippen molar-refractivity contribution in [1.82, 2.24) is 10.2 Å². The molecule has 1 fully saturated rings. The molecule has 0 aromatic heterocycles. The van der Waals surface area contributed by atoms with E-state index in [2.05, 4.69) is 5.32 Å². The molecule has 6 heteroatoms. The van der Waals surface area contributed by atoms with E-state index in [-0.39, 0.29) is 19.1 Å². The van der Waals surface area contributed by atoms with E-state index in [1.807, 2.05) is 42.5 Å². The van der Waals surface area contributed by atoms with Crippen molar-refractivity contribution >= 4 is 34.3 Å². The molecule has 3 amide bonds. The molecular formula is C22H19ClN2O3. The van der Waals surface area contributed by atoms with Gasteiger partial charge in [-0.1, -0.05) is 60.1 Å². The summed E-state index contributed by atoms with van der Waals surface area (Å²) in [7, 11) is 0. The quantitative estimate of drug-likeness (QED) is 0.655. The maximum atomic E-state index is 13.1. The number of nitrogens with zero attached hydrogens (tertiary/aromatic N) is 1. The number of urea groups is 1. The molecule has 0 saturated carbocycles. The van der Waals surface area contributed by atoms with Gasteiger partial charge in [0.1, 0.15) is 17.9 Å². The summed E-state index contributed by atoms with van der Waals surface area (Å²) in [4.78, 5) is 26.9. The van der Waals surface area contributed by atoms with Crippen molar-refractivity contribution < 1.29 is 14.3 Å². The van der Waals surface area contributed by atoms with Crippen LogP contribution in [-0.4, -0.2) is 30.0 Å². The van der Waals surface area contributed by atoms with Crippen LogP contribution in [0.1, 0.15) is 12.5 Å². The number of hydrogen-bond acceptors (Lipinski definition) is 3. The molecule has 0 aliphatic carbocycles. The highest BCUT2D eigenvalue weighted by atomic mass is 35.5. The van der Waals surface area contributed by atoms with Gasteiger partial charge in [-0.15, -0.1) is 0 Å². The molecule has 3 aromatic rings. The molecule has 0 bridgehead atoms. The van der Waals surface area contributed by atoms with E-state index in [1.54, 1.807) is 31.2 Å². The molecule has 4 rings (SSSR count). The monoisotopic (exact) mass is 394 g/mol. The standard InChI is InChI=1S/C22H19ClN2O3/c1-22(19-11-4-7-15-6-2-3-10-18(15)19)20(26)25(21(27)24-22)12-13-28-17-9-5-8-16(23)14-17/h2-11,14H,12-13H2,1H3,(H,24,27)/t22-/m1/s1. The number of benzene rings is 3. The third-order valence-electron chi connectivity index (χ3n) is 4.98. The van der Waals surface area contributed by atoms with Gasteiger partial charge in [-0.2, -0.15) is 0 Å². The second-order valence-electron chi connectivity index (χ2n) is 6.84. The van der Waals surface area contributed by atoms with Crippen LogP contribution in [0.4, 0.5) is 4.79 Å². The van der Waals surface area contributed by atoms with Gasteiger partial charge in [-0.25, -0.2) is 4.79 Å². The minimum Gasteiger partial charge on any atom is -0.492 e. The lowest BCUT2D eigenvalue weighted by Crippen LogP contribution is -2.41. The third-order valence-corrected chi connectivity index (χ3v) is 5.22. The smallest absolute Gasteiger partial charge is 0.325 e. The molecular weight excluding hydrogens is 376 g/mol. The summed E-state index contributed by atoms with van der Waals surface area (Å²) in [6.45, 7) is 2.08. The minimum atomic E-state index is -1.12. The second kappa shape index (κ2) is 7.17. The van der Waals surface area contributed by atoms with E-state index < -0.39 is 11.6 Å². The molecule has 0 spiro atoms. The molecule has 0 unspecified atom stereocenters. The average molecular weight is 395 g/mol. The second-order valence-corrected chi connectivity index (χ2v) is 7.28. The van der Waals surface area contributed by atoms with Crippen molar-refractivity contribution in [2.24, 2.45) is 0 Å². The van der Waals surface area contributed by atoms with Crippen molar-refractivity contribution in [2.45, 2.75) is 12.5 Å². The number of amides is 3. The summed E-state index contributed by atoms with van der Waals surface area (Å²) in [5.74, 6) is 0.305. The fraction of sp³-hybridized carbons (Fsp3) is 0.182. The molecule has 1 N–H and O–H groups in total. The fourth-order valence-corrected chi connectivity index (χ4v) is 3.74. The SMILES string of the molecule is C[C@]1(c2cccc3ccccc23)NC(=O)N(CCOc2cccc(Cl)c2)C1=O. The predicted molar refractivity (Wildman–Crippen MR) is 108 cm³/mol. The van der Waals surface area contributed by atoms with Crippen LogP contribution in [0.5, 0.6) is 5.75 Å². The van der Waals surface area contributed by atoms with Crippen molar-refractivity contribution in [3.05, 3.63) is 77.3 Å². The highest BCUT2D eigenvalue weighted by molar-refractivity contribution is 6.30. The molecule has 1 aliphatic rings. The van der Waals surface area contributed by atoms with Crippen molar-refractivity contribution in [1.29, 1.82) is 0 Å². The Balaban J connectivity index is 1.54. The first-order valence-corrected chi connectivity index (χ1v) is 9.37. The van der Waals surface area contributed by atoms with Crippen LogP contribution in [0.3, 0.4) is 0 Å². The summed E-state index contributed by atoms with van der Waals surface area (Å²) in [5.41, 5.74) is -0.337. The number of rotatable bonds is 5. The number of carbonyl (C=O) groups excluding carboxylic acids is 2. The highest BCUT2D eigenvalue weighted by Gasteiger charge is 2.49. The van der Waals surface area contributed by atoms with Crippen molar-refractivity contribution in [2.75, 3.05) is 13.2 Å². The van der Waals surface area contributed by atoms with Gasteiger partial charge in [-0.05, 0) is 41.5 Å². The first-order chi connectivity index (χ1) is 13.5. The number of fused-ring (bicyclic) bond motifs is 1. The lowest BCUT2D eigenvalue weighted by molar-refractivity contribution is -0.131. The number of imide groups is 1. The molecule has 28 heavy (non-hydrogen) atoms. The molecule has 1 heterocycles. The van der Waals surface area contributed by atoms with Gasteiger partial charge in [0, 0.05) is 5.02 Å². The minimum absolute atomic E-state index is 0.150. The first-order valence-electron chi connectivity index (χ1n) is 9.00. The Kier molecular flexibility index (Phi) is 4.69. The van der Waals surface area contributed by atoms with E-state index in [0.29, 0.717) is 10.8 Å². The van der Waals surface area contributed by atoms with Gasteiger partial charge in [0.15, 0.2) is 0 Å². The molecule has 0 radical (unpaired) electrons. The van der Waals surface area contributed by atoms with Crippen LogP contribution in [0.2, 0.25) is 5.02 Å². The van der Waals surface area contributed by atoms with Crippen LogP contribution in [0.15, 0.2) is 66.7 Å². The van der Waals surface area contributed by atoms with Crippen molar-refractivity contribution in [3.8, 4) is 5.75 Å². The van der Waals surface area contributed by atoms with E-state index in [1.165, 1.54) is 4.90 Å². The summed E-state index contributed by atoms with van der Waals surface area (Å²) < 4.78 is 5.63. The Hall–Kier alpha value is -3.05. The average Bonchev–Trinajstić information content (AvgIpc) is 2.91. The zero-order valence-electron chi connectivity index (χ0n) is 15.3. The lowest BCUT2D eigenvalue weighted by atomic mass is 9.88. The molecule has 1 atom stereocenters. The topological polar surface area (TPSA) is 58.6 Å². The van der Waals surface area contributed by atoms with Gasteiger partial charge in [-0.3, -0.25) is 9.69 Å². The van der Waals surface area contributed by atoms with E-state index in [9.17, 15) is 9.59 Å². The maximum Gasteiger partial charge on any atom is 0.325 e. The van der Waals surface area contributed by atoms with Crippen LogP contribution < -0.4 is 10.1 Å². The van der Waals surface area contributed by atoms with Gasteiger partial charge in [0.25, 0.3) is 5.91 Å². The van der Waals surface area contributed by atoms with Crippen LogP contribution in [-0.2, 0) is 10.3 Å². The summed E-state index contributed by atoms with van der Waals surface area (Å²) in [6.07, 6.45) is 0. The molecule has 1 saturated heterocycles. The van der Waals surface area contributed by atoms with Gasteiger partial charge >= 0.3 is 6.03 Å². The number of nitrogens with one attached hydrogen (secondary N) is 1. The number of halogens is 1. The number of carbonyl (C=O) groups is 2. The third kappa shape index (κ3) is 3.18. The Morgan fingerprint density at radius 3 is 2.61 bits per heavy atom. The molecule has 142 valence electrons. The molecule has 3 aromatic carbocycles. The number of hydrogen-bond donors (Lipinski definition) is 1. The lowest BCUT2D eigenvalue weighted by Gasteiger charge is -2.24. The Bertz CT molecular complexity index is 1060. The zero-order valence-corrected chi connectivity index (χ0v) is 16.1. The highest BCUT2D eigenvalue weighted by Crippen LogP contribution is 2.33. The predicted octanol–water partition coefficient (Wildman–Crippen LogP) is 4.34. The number of ether oxygens (including phenoxy) is 1. The summed E-state index contributed by atoms with van der Waals surface area (Å²) in [6, 6.07) is 20.2. The zero-order chi connectivity index (χ0) is 19.7. The van der Waals surface area contributed by atoms with Crippen molar-refractivity contribution in [3.63, 3.8) is 0 Å². The van der Waals surface area contributed by atoms with E-state index in [0.717, 1.165) is 16.3 Å². The van der Waals surface area contributed by atoms with Crippen LogP contribution in [0, 0.1) is 0 Å². The largest absolute Gasteiger partial charge is 0.492 e. The summed E-state index contributed by atoms with van der Waals surface area (Å²) >= 11 is 5.94. The Labute approximate surface area is 167 Å². The van der Waals surface area contributed by atoms with Gasteiger partial charge in [0.2, 0.25) is 0 Å². The first kappa shape index (κ1) is 18.3. The summed E-state index contributed by atoms with van der Waals surface area (Å²) in [5, 5.41) is 5.39. The van der Waals surface area contributed by atoms with Gasteiger partial charge < -0.3 is 10.1 Å². The van der Waals surface area contributed by atoms with Gasteiger partial charge in [0.05, 0.1) is 6.54 Å².